The number of nitrogens with one attached hydrogen (secondary N) is 3. The largest absolute Gasteiger partial charge is 0.346 e. The first-order valence-electron chi connectivity index (χ1n) is 10.7. The van der Waals surface area contributed by atoms with Crippen molar-refractivity contribution in [2.75, 3.05) is 5.32 Å². The van der Waals surface area contributed by atoms with Crippen molar-refractivity contribution in [3.63, 3.8) is 0 Å². The number of aromatic amines is 1. The fraction of sp³-hybridized carbons (Fsp3) is 0.304. The van der Waals surface area contributed by atoms with E-state index < -0.39 is 15.8 Å². The third-order valence-corrected chi connectivity index (χ3v) is 7.43. The highest BCUT2D eigenvalue weighted by Gasteiger charge is 2.30. The SMILES string of the molecule is O=C(Nc1cc(C2=CCC(NS(=O)(=O)c3cccc(F)c3)CC2)c2cc[nH]c2n1)C1CC1. The second-order valence-corrected chi connectivity index (χ2v) is 10.1. The van der Waals surface area contributed by atoms with Crippen molar-refractivity contribution in [2.24, 2.45) is 5.92 Å². The molecule has 1 amide bonds. The van der Waals surface area contributed by atoms with Gasteiger partial charge in [0.25, 0.3) is 0 Å². The summed E-state index contributed by atoms with van der Waals surface area (Å²) in [5.41, 5.74) is 2.76. The van der Waals surface area contributed by atoms with Gasteiger partial charge in [0.05, 0.1) is 4.90 Å². The van der Waals surface area contributed by atoms with Crippen LogP contribution in [0.2, 0.25) is 0 Å². The Kier molecular flexibility index (Phi) is 5.30. The van der Waals surface area contributed by atoms with Gasteiger partial charge < -0.3 is 10.3 Å². The summed E-state index contributed by atoms with van der Waals surface area (Å²) in [5.74, 6) is 0.0114. The van der Waals surface area contributed by atoms with E-state index in [0.717, 1.165) is 35.4 Å². The van der Waals surface area contributed by atoms with Crippen LogP contribution in [0, 0.1) is 11.7 Å². The minimum atomic E-state index is -3.79. The van der Waals surface area contributed by atoms with Gasteiger partial charge in [-0.2, -0.15) is 0 Å². The van der Waals surface area contributed by atoms with Gasteiger partial charge in [-0.1, -0.05) is 12.1 Å². The van der Waals surface area contributed by atoms with Gasteiger partial charge in [0, 0.05) is 23.5 Å². The number of nitrogens with zero attached hydrogens (tertiary/aromatic N) is 1. The highest BCUT2D eigenvalue weighted by atomic mass is 32.2. The molecule has 0 aliphatic heterocycles. The van der Waals surface area contributed by atoms with Crippen molar-refractivity contribution >= 4 is 38.4 Å². The molecule has 1 saturated carbocycles. The molecule has 2 aliphatic rings. The highest BCUT2D eigenvalue weighted by molar-refractivity contribution is 7.89. The van der Waals surface area contributed by atoms with Gasteiger partial charge in [0.2, 0.25) is 15.9 Å². The minimum Gasteiger partial charge on any atom is -0.346 e. The first kappa shape index (κ1) is 20.8. The molecule has 5 rings (SSSR count). The summed E-state index contributed by atoms with van der Waals surface area (Å²) in [4.78, 5) is 19.7. The Morgan fingerprint density at radius 3 is 2.72 bits per heavy atom. The van der Waals surface area contributed by atoms with Crippen LogP contribution in [0.5, 0.6) is 0 Å². The molecule has 0 bridgehead atoms. The number of hydrogen-bond acceptors (Lipinski definition) is 4. The number of pyridine rings is 1. The lowest BCUT2D eigenvalue weighted by Gasteiger charge is -2.23. The van der Waals surface area contributed by atoms with Crippen LogP contribution >= 0.6 is 0 Å². The fourth-order valence-corrected chi connectivity index (χ4v) is 5.36. The van der Waals surface area contributed by atoms with Gasteiger partial charge in [-0.3, -0.25) is 4.79 Å². The number of aromatic nitrogens is 2. The van der Waals surface area contributed by atoms with Crippen LogP contribution in [0.4, 0.5) is 10.2 Å². The number of H-pyrrole nitrogens is 1. The molecule has 3 aromatic rings. The fourth-order valence-electron chi connectivity index (χ4n) is 4.05. The van der Waals surface area contributed by atoms with E-state index in [1.165, 1.54) is 18.2 Å². The summed E-state index contributed by atoms with van der Waals surface area (Å²) < 4.78 is 41.3. The molecule has 32 heavy (non-hydrogen) atoms. The van der Waals surface area contributed by atoms with E-state index in [1.807, 2.05) is 24.4 Å². The van der Waals surface area contributed by atoms with Crippen LogP contribution in [0.1, 0.15) is 37.7 Å². The van der Waals surface area contributed by atoms with Crippen molar-refractivity contribution in [2.45, 2.75) is 43.0 Å². The van der Waals surface area contributed by atoms with Gasteiger partial charge >= 0.3 is 0 Å². The number of amides is 1. The predicted octanol–water partition coefficient (Wildman–Crippen LogP) is 3.96. The second-order valence-electron chi connectivity index (χ2n) is 8.34. The standard InChI is InChI=1S/C23H23FN4O3S/c24-16-2-1-3-18(12-16)32(30,31)28-17-8-6-14(7-9-17)20-13-21(27-23(29)15-4-5-15)26-22-19(20)10-11-25-22/h1-3,6,10-13,15,17,28H,4-5,7-9H2,(H2,25,26,27,29). The number of hydrogen-bond donors (Lipinski definition) is 3. The van der Waals surface area contributed by atoms with Crippen molar-refractivity contribution < 1.29 is 17.6 Å². The van der Waals surface area contributed by atoms with Gasteiger partial charge in [-0.05, 0) is 73.6 Å². The Morgan fingerprint density at radius 2 is 2.00 bits per heavy atom. The number of anilines is 1. The number of fused-ring (bicyclic) bond motifs is 1. The summed E-state index contributed by atoms with van der Waals surface area (Å²) in [7, 11) is -3.79. The lowest BCUT2D eigenvalue weighted by molar-refractivity contribution is -0.117. The normalized spacial score (nSPS) is 19.0. The van der Waals surface area contributed by atoms with Gasteiger partial charge in [0.15, 0.2) is 0 Å². The van der Waals surface area contributed by atoms with Crippen LogP contribution in [0.25, 0.3) is 16.6 Å². The molecule has 0 radical (unpaired) electrons. The molecule has 1 unspecified atom stereocenters. The first-order chi connectivity index (χ1) is 15.4. The molecular weight excluding hydrogens is 431 g/mol. The number of benzene rings is 1. The number of halogens is 1. The third-order valence-electron chi connectivity index (χ3n) is 5.91. The monoisotopic (exact) mass is 454 g/mol. The molecular formula is C23H23FN4O3S. The van der Waals surface area contributed by atoms with E-state index in [-0.39, 0.29) is 22.8 Å². The molecule has 0 saturated heterocycles. The zero-order valence-corrected chi connectivity index (χ0v) is 18.1. The molecule has 2 heterocycles. The Morgan fingerprint density at radius 1 is 1.16 bits per heavy atom. The average Bonchev–Trinajstić information content (AvgIpc) is 3.52. The van der Waals surface area contributed by atoms with Gasteiger partial charge in [-0.15, -0.1) is 0 Å². The van der Waals surface area contributed by atoms with Crippen molar-refractivity contribution in [1.29, 1.82) is 0 Å². The predicted molar refractivity (Wildman–Crippen MR) is 120 cm³/mol. The van der Waals surface area contributed by atoms with Crippen molar-refractivity contribution in [3.8, 4) is 0 Å². The summed E-state index contributed by atoms with van der Waals surface area (Å²) in [6, 6.07) is 8.56. The van der Waals surface area contributed by atoms with Crippen molar-refractivity contribution in [1.82, 2.24) is 14.7 Å². The zero-order valence-electron chi connectivity index (χ0n) is 17.3. The molecule has 1 aromatic carbocycles. The third kappa shape index (κ3) is 4.31. The summed E-state index contributed by atoms with van der Waals surface area (Å²) >= 11 is 0. The van der Waals surface area contributed by atoms with Gasteiger partial charge in [0.1, 0.15) is 17.3 Å². The summed E-state index contributed by atoms with van der Waals surface area (Å²) in [6.07, 6.45) is 7.46. The maximum absolute atomic E-state index is 13.4. The van der Waals surface area contributed by atoms with Crippen LogP contribution in [0.3, 0.4) is 0 Å². The summed E-state index contributed by atoms with van der Waals surface area (Å²) in [5, 5.41) is 3.87. The van der Waals surface area contributed by atoms with Crippen molar-refractivity contribution in [3.05, 3.63) is 60.1 Å². The number of carbonyl (C=O) groups excluding carboxylic acids is 1. The molecule has 166 valence electrons. The molecule has 1 fully saturated rings. The highest BCUT2D eigenvalue weighted by Crippen LogP contribution is 2.34. The minimum absolute atomic E-state index is 0.00111. The lowest BCUT2D eigenvalue weighted by Crippen LogP contribution is -2.35. The molecule has 2 aliphatic carbocycles. The Bertz CT molecular complexity index is 1330. The van der Waals surface area contributed by atoms with Crippen LogP contribution in [-0.4, -0.2) is 30.3 Å². The van der Waals surface area contributed by atoms with E-state index in [1.54, 1.807) is 0 Å². The van der Waals surface area contributed by atoms with E-state index in [2.05, 4.69) is 20.0 Å². The summed E-state index contributed by atoms with van der Waals surface area (Å²) in [6.45, 7) is 0. The second kappa shape index (κ2) is 8.14. The molecule has 0 spiro atoms. The van der Waals surface area contributed by atoms with Crippen LogP contribution in [-0.2, 0) is 14.8 Å². The molecule has 7 nitrogen and oxygen atoms in total. The van der Waals surface area contributed by atoms with E-state index in [0.29, 0.717) is 30.7 Å². The Balaban J connectivity index is 1.35. The molecule has 1 atom stereocenters. The number of allylic oxidation sites excluding steroid dienone is 1. The van der Waals surface area contributed by atoms with Crippen LogP contribution in [0.15, 0.2) is 53.6 Å². The van der Waals surface area contributed by atoms with Crippen LogP contribution < -0.4 is 10.0 Å². The first-order valence-corrected chi connectivity index (χ1v) is 12.1. The van der Waals surface area contributed by atoms with E-state index >= 15 is 0 Å². The molecule has 9 heteroatoms. The molecule has 3 N–H and O–H groups in total. The van der Waals surface area contributed by atoms with E-state index in [4.69, 9.17) is 0 Å². The lowest BCUT2D eigenvalue weighted by atomic mass is 9.90. The topological polar surface area (TPSA) is 104 Å². The smallest absolute Gasteiger partial charge is 0.240 e. The number of sulfonamides is 1. The molecule has 2 aromatic heterocycles. The zero-order chi connectivity index (χ0) is 22.3. The quantitative estimate of drug-likeness (QED) is 0.524. The number of carbonyl (C=O) groups is 1. The number of rotatable bonds is 6. The Labute approximate surface area is 185 Å². The van der Waals surface area contributed by atoms with Gasteiger partial charge in [-0.25, -0.2) is 22.5 Å². The maximum Gasteiger partial charge on any atom is 0.240 e. The van der Waals surface area contributed by atoms with E-state index in [9.17, 15) is 17.6 Å². The maximum atomic E-state index is 13.4. The average molecular weight is 455 g/mol. The Hall–Kier alpha value is -3.04.